The van der Waals surface area contributed by atoms with Crippen LogP contribution >= 0.6 is 15.9 Å². The summed E-state index contributed by atoms with van der Waals surface area (Å²) in [5, 5.41) is 2.87. The first kappa shape index (κ1) is 15.6. The zero-order valence-electron chi connectivity index (χ0n) is 12.9. The zero-order valence-corrected chi connectivity index (χ0v) is 14.4. The van der Waals surface area contributed by atoms with Gasteiger partial charge in [0.15, 0.2) is 11.5 Å². The Morgan fingerprint density at radius 1 is 1.26 bits per heavy atom. The number of hydrogen-bond donors (Lipinski definition) is 1. The predicted octanol–water partition coefficient (Wildman–Crippen LogP) is 4.35. The standard InChI is InChI=1S/C18H16BrNO3/c1-3-23-17-14(19)9-11(10-16(17)22-2)8-13-12-6-4-5-7-15(12)20-18(13)21/h4-10H,3H2,1-2H3,(H,20,21). The lowest BCUT2D eigenvalue weighted by atomic mass is 10.0. The molecule has 0 atom stereocenters. The van der Waals surface area contributed by atoms with Crippen molar-refractivity contribution in [2.45, 2.75) is 6.92 Å². The number of amides is 1. The van der Waals surface area contributed by atoms with Gasteiger partial charge in [-0.25, -0.2) is 0 Å². The molecule has 1 N–H and O–H groups in total. The summed E-state index contributed by atoms with van der Waals surface area (Å²) in [5.74, 6) is 1.18. The van der Waals surface area contributed by atoms with Crippen LogP contribution in [0, 0.1) is 0 Å². The summed E-state index contributed by atoms with van der Waals surface area (Å²) in [6.45, 7) is 2.47. The molecule has 0 bridgehead atoms. The molecule has 3 rings (SSSR count). The van der Waals surface area contributed by atoms with E-state index >= 15 is 0 Å². The largest absolute Gasteiger partial charge is 0.493 e. The van der Waals surface area contributed by atoms with Crippen molar-refractivity contribution >= 4 is 39.2 Å². The van der Waals surface area contributed by atoms with Crippen molar-refractivity contribution in [3.05, 3.63) is 52.0 Å². The van der Waals surface area contributed by atoms with Crippen LogP contribution in [0.4, 0.5) is 5.69 Å². The summed E-state index contributed by atoms with van der Waals surface area (Å²) in [6.07, 6.45) is 1.85. The summed E-state index contributed by atoms with van der Waals surface area (Å²) in [7, 11) is 1.60. The molecule has 0 aromatic heterocycles. The number of nitrogens with one attached hydrogen (secondary N) is 1. The number of anilines is 1. The zero-order chi connectivity index (χ0) is 16.4. The number of halogens is 1. The number of para-hydroxylation sites is 1. The van der Waals surface area contributed by atoms with Gasteiger partial charge in [0.2, 0.25) is 0 Å². The maximum absolute atomic E-state index is 12.2. The first-order chi connectivity index (χ1) is 11.1. The fraction of sp³-hybridized carbons (Fsp3) is 0.167. The monoisotopic (exact) mass is 373 g/mol. The quantitative estimate of drug-likeness (QED) is 0.810. The van der Waals surface area contributed by atoms with Crippen molar-refractivity contribution < 1.29 is 14.3 Å². The minimum Gasteiger partial charge on any atom is -0.493 e. The highest BCUT2D eigenvalue weighted by Crippen LogP contribution is 2.39. The predicted molar refractivity (Wildman–Crippen MR) is 94.8 cm³/mol. The highest BCUT2D eigenvalue weighted by Gasteiger charge is 2.23. The first-order valence-electron chi connectivity index (χ1n) is 7.26. The summed E-state index contributed by atoms with van der Waals surface area (Å²) in [6, 6.07) is 11.4. The van der Waals surface area contributed by atoms with Crippen LogP contribution in [0.1, 0.15) is 18.1 Å². The third-order valence-corrected chi connectivity index (χ3v) is 4.15. The molecule has 0 fully saturated rings. The molecule has 2 aromatic carbocycles. The van der Waals surface area contributed by atoms with E-state index in [0.717, 1.165) is 21.3 Å². The van der Waals surface area contributed by atoms with E-state index in [1.807, 2.05) is 49.4 Å². The van der Waals surface area contributed by atoms with Gasteiger partial charge in [-0.1, -0.05) is 18.2 Å². The maximum atomic E-state index is 12.2. The normalized spacial score (nSPS) is 14.6. The molecule has 1 aliphatic rings. The average Bonchev–Trinajstić information content (AvgIpc) is 2.86. The Balaban J connectivity index is 2.06. The van der Waals surface area contributed by atoms with Gasteiger partial charge >= 0.3 is 0 Å². The van der Waals surface area contributed by atoms with Crippen LogP contribution in [0.2, 0.25) is 0 Å². The Morgan fingerprint density at radius 2 is 2.04 bits per heavy atom. The average molecular weight is 374 g/mol. The number of ether oxygens (including phenoxy) is 2. The Morgan fingerprint density at radius 3 is 2.78 bits per heavy atom. The van der Waals surface area contributed by atoms with Gasteiger partial charge in [0.1, 0.15) is 0 Å². The number of carbonyl (C=O) groups is 1. The second-order valence-electron chi connectivity index (χ2n) is 5.02. The fourth-order valence-corrected chi connectivity index (χ4v) is 3.13. The molecule has 4 nitrogen and oxygen atoms in total. The molecule has 0 saturated heterocycles. The van der Waals surface area contributed by atoms with E-state index < -0.39 is 0 Å². The van der Waals surface area contributed by atoms with Gasteiger partial charge in [-0.2, -0.15) is 0 Å². The molecule has 0 unspecified atom stereocenters. The van der Waals surface area contributed by atoms with Crippen molar-refractivity contribution in [1.29, 1.82) is 0 Å². The minimum absolute atomic E-state index is 0.102. The fourth-order valence-electron chi connectivity index (χ4n) is 2.56. The van der Waals surface area contributed by atoms with Crippen LogP contribution < -0.4 is 14.8 Å². The smallest absolute Gasteiger partial charge is 0.256 e. The van der Waals surface area contributed by atoms with Crippen LogP contribution in [0.5, 0.6) is 11.5 Å². The van der Waals surface area contributed by atoms with Crippen molar-refractivity contribution in [3.8, 4) is 11.5 Å². The maximum Gasteiger partial charge on any atom is 0.256 e. The van der Waals surface area contributed by atoms with Gasteiger partial charge in [-0.05, 0) is 52.7 Å². The van der Waals surface area contributed by atoms with Gasteiger partial charge in [0.25, 0.3) is 5.91 Å². The summed E-state index contributed by atoms with van der Waals surface area (Å²) in [5.41, 5.74) is 3.24. The van der Waals surface area contributed by atoms with Crippen molar-refractivity contribution in [2.75, 3.05) is 19.0 Å². The van der Waals surface area contributed by atoms with E-state index in [-0.39, 0.29) is 5.91 Å². The molecule has 1 aliphatic heterocycles. The number of carbonyl (C=O) groups excluding carboxylic acids is 1. The van der Waals surface area contributed by atoms with E-state index in [2.05, 4.69) is 21.2 Å². The van der Waals surface area contributed by atoms with E-state index in [9.17, 15) is 4.79 Å². The molecule has 5 heteroatoms. The van der Waals surface area contributed by atoms with E-state index in [0.29, 0.717) is 23.7 Å². The number of rotatable bonds is 4. The molecule has 1 heterocycles. The first-order valence-corrected chi connectivity index (χ1v) is 8.06. The summed E-state index contributed by atoms with van der Waals surface area (Å²) in [4.78, 5) is 12.2. The Hall–Kier alpha value is -2.27. The molecule has 0 aliphatic carbocycles. The third kappa shape index (κ3) is 2.97. The van der Waals surface area contributed by atoms with Crippen LogP contribution in [-0.2, 0) is 4.79 Å². The van der Waals surface area contributed by atoms with Gasteiger partial charge in [0, 0.05) is 16.8 Å². The Labute approximate surface area is 143 Å². The Kier molecular flexibility index (Phi) is 4.39. The third-order valence-electron chi connectivity index (χ3n) is 3.56. The van der Waals surface area contributed by atoms with Gasteiger partial charge in [-0.15, -0.1) is 0 Å². The molecule has 1 amide bonds. The summed E-state index contributed by atoms with van der Waals surface area (Å²) >= 11 is 3.50. The molecular weight excluding hydrogens is 358 g/mol. The van der Waals surface area contributed by atoms with Gasteiger partial charge < -0.3 is 14.8 Å². The van der Waals surface area contributed by atoms with Crippen LogP contribution in [0.25, 0.3) is 11.6 Å². The second-order valence-corrected chi connectivity index (χ2v) is 5.88. The highest BCUT2D eigenvalue weighted by atomic mass is 79.9. The molecule has 0 radical (unpaired) electrons. The lowest BCUT2D eigenvalue weighted by Crippen LogP contribution is -2.03. The second kappa shape index (κ2) is 6.46. The number of benzene rings is 2. The lowest BCUT2D eigenvalue weighted by molar-refractivity contribution is -0.110. The van der Waals surface area contributed by atoms with E-state index in [1.165, 1.54) is 0 Å². The lowest BCUT2D eigenvalue weighted by Gasteiger charge is -2.12. The number of fused-ring (bicyclic) bond motifs is 1. The highest BCUT2D eigenvalue weighted by molar-refractivity contribution is 9.10. The minimum atomic E-state index is -0.102. The van der Waals surface area contributed by atoms with Crippen LogP contribution in [-0.4, -0.2) is 19.6 Å². The van der Waals surface area contributed by atoms with Crippen molar-refractivity contribution in [2.24, 2.45) is 0 Å². The Bertz CT molecular complexity index is 799. The topological polar surface area (TPSA) is 47.6 Å². The number of hydrogen-bond acceptors (Lipinski definition) is 3. The van der Waals surface area contributed by atoms with Gasteiger partial charge in [-0.3, -0.25) is 4.79 Å². The molecule has 2 aromatic rings. The van der Waals surface area contributed by atoms with Crippen LogP contribution in [0.3, 0.4) is 0 Å². The van der Waals surface area contributed by atoms with Crippen LogP contribution in [0.15, 0.2) is 40.9 Å². The van der Waals surface area contributed by atoms with Crippen molar-refractivity contribution in [1.82, 2.24) is 0 Å². The number of methoxy groups -OCH3 is 1. The molecule has 23 heavy (non-hydrogen) atoms. The van der Waals surface area contributed by atoms with E-state index in [1.54, 1.807) is 7.11 Å². The van der Waals surface area contributed by atoms with E-state index in [4.69, 9.17) is 9.47 Å². The SMILES string of the molecule is CCOc1c(Br)cc(C=C2C(=O)Nc3ccccc32)cc1OC. The molecule has 0 spiro atoms. The van der Waals surface area contributed by atoms with Crippen molar-refractivity contribution in [3.63, 3.8) is 0 Å². The molecular formula is C18H16BrNO3. The summed E-state index contributed by atoms with van der Waals surface area (Å²) < 4.78 is 11.8. The van der Waals surface area contributed by atoms with Gasteiger partial charge in [0.05, 0.1) is 18.2 Å². The molecule has 0 saturated carbocycles. The molecule has 118 valence electrons.